The SMILES string of the molecule is c1ccc(-c2nc(-c3ccccc3)nc(-c3ccc(-c4nc5ccccc5o4)nc3)n2)cc1. The van der Waals surface area contributed by atoms with E-state index in [1.807, 2.05) is 97.1 Å². The van der Waals surface area contributed by atoms with E-state index in [0.717, 1.165) is 27.8 Å². The highest BCUT2D eigenvalue weighted by atomic mass is 16.3. The van der Waals surface area contributed by atoms with Crippen LogP contribution in [-0.4, -0.2) is 24.9 Å². The van der Waals surface area contributed by atoms with E-state index < -0.39 is 0 Å². The van der Waals surface area contributed by atoms with Gasteiger partial charge in [0, 0.05) is 22.9 Å². The van der Waals surface area contributed by atoms with Crippen LogP contribution in [0.1, 0.15) is 0 Å². The third-order valence-corrected chi connectivity index (χ3v) is 5.23. The number of para-hydroxylation sites is 2. The average molecular weight is 427 g/mol. The molecule has 0 radical (unpaired) electrons. The van der Waals surface area contributed by atoms with Gasteiger partial charge in [0.05, 0.1) is 0 Å². The lowest BCUT2D eigenvalue weighted by Gasteiger charge is -2.08. The number of pyridine rings is 1. The Morgan fingerprint density at radius 2 is 1.06 bits per heavy atom. The zero-order valence-corrected chi connectivity index (χ0v) is 17.5. The van der Waals surface area contributed by atoms with Crippen LogP contribution in [0.4, 0.5) is 0 Å². The molecular formula is C27H17N5O. The van der Waals surface area contributed by atoms with Crippen LogP contribution in [-0.2, 0) is 0 Å². The summed E-state index contributed by atoms with van der Waals surface area (Å²) in [6, 6.07) is 31.2. The fourth-order valence-electron chi connectivity index (χ4n) is 3.57. The Labute approximate surface area is 189 Å². The van der Waals surface area contributed by atoms with Crippen molar-refractivity contribution in [2.45, 2.75) is 0 Å². The standard InChI is InChI=1S/C27H17N5O/c1-3-9-18(10-4-1)24-30-25(19-11-5-2-6-12-19)32-26(31-24)20-15-16-22(28-17-20)27-29-21-13-7-8-14-23(21)33-27/h1-17H. The van der Waals surface area contributed by atoms with Crippen molar-refractivity contribution < 1.29 is 4.42 Å². The molecule has 0 unspecified atom stereocenters. The van der Waals surface area contributed by atoms with Gasteiger partial charge in [-0.25, -0.2) is 19.9 Å². The molecule has 3 aromatic heterocycles. The van der Waals surface area contributed by atoms with Crippen LogP contribution >= 0.6 is 0 Å². The highest BCUT2D eigenvalue weighted by Gasteiger charge is 2.14. The number of fused-ring (bicyclic) bond motifs is 1. The molecule has 0 saturated heterocycles. The fraction of sp³-hybridized carbons (Fsp3) is 0. The summed E-state index contributed by atoms with van der Waals surface area (Å²) >= 11 is 0. The molecule has 3 aromatic carbocycles. The molecule has 0 atom stereocenters. The molecule has 156 valence electrons. The normalized spacial score (nSPS) is 11.0. The van der Waals surface area contributed by atoms with Crippen LogP contribution in [0.2, 0.25) is 0 Å². The van der Waals surface area contributed by atoms with Gasteiger partial charge in [-0.1, -0.05) is 72.8 Å². The van der Waals surface area contributed by atoms with E-state index in [4.69, 9.17) is 19.4 Å². The molecule has 6 rings (SSSR count). The second-order valence-corrected chi connectivity index (χ2v) is 7.46. The molecule has 0 aliphatic rings. The van der Waals surface area contributed by atoms with E-state index in [2.05, 4.69) is 9.97 Å². The van der Waals surface area contributed by atoms with E-state index in [-0.39, 0.29) is 0 Å². The van der Waals surface area contributed by atoms with Gasteiger partial charge in [0.15, 0.2) is 23.1 Å². The van der Waals surface area contributed by atoms with Gasteiger partial charge in [0.2, 0.25) is 5.89 Å². The molecule has 33 heavy (non-hydrogen) atoms. The summed E-state index contributed by atoms with van der Waals surface area (Å²) in [7, 11) is 0. The molecule has 3 heterocycles. The molecule has 0 aliphatic heterocycles. The van der Waals surface area contributed by atoms with Gasteiger partial charge in [0.25, 0.3) is 0 Å². The number of hydrogen-bond donors (Lipinski definition) is 0. The van der Waals surface area contributed by atoms with Crippen molar-refractivity contribution in [3.63, 3.8) is 0 Å². The van der Waals surface area contributed by atoms with Gasteiger partial charge in [-0.05, 0) is 24.3 Å². The molecule has 0 N–H and O–H groups in total. The number of hydrogen-bond acceptors (Lipinski definition) is 6. The first-order valence-electron chi connectivity index (χ1n) is 10.5. The minimum absolute atomic E-state index is 0.480. The third-order valence-electron chi connectivity index (χ3n) is 5.23. The van der Waals surface area contributed by atoms with Crippen LogP contribution in [0.15, 0.2) is 108 Å². The monoisotopic (exact) mass is 427 g/mol. The Morgan fingerprint density at radius 3 is 1.64 bits per heavy atom. The first-order valence-corrected chi connectivity index (χ1v) is 10.5. The van der Waals surface area contributed by atoms with Gasteiger partial charge in [-0.3, -0.25) is 4.98 Å². The minimum atomic E-state index is 0.480. The number of nitrogens with zero attached hydrogens (tertiary/aromatic N) is 5. The zero-order valence-electron chi connectivity index (χ0n) is 17.5. The number of oxazole rings is 1. The third kappa shape index (κ3) is 3.74. The van der Waals surface area contributed by atoms with Crippen LogP contribution < -0.4 is 0 Å². The second-order valence-electron chi connectivity index (χ2n) is 7.46. The zero-order chi connectivity index (χ0) is 22.0. The molecule has 0 fully saturated rings. The molecule has 0 bridgehead atoms. The highest BCUT2D eigenvalue weighted by Crippen LogP contribution is 2.26. The number of aromatic nitrogens is 5. The summed E-state index contributed by atoms with van der Waals surface area (Å²) in [5.74, 6) is 2.26. The summed E-state index contributed by atoms with van der Waals surface area (Å²) in [6.45, 7) is 0. The smallest absolute Gasteiger partial charge is 0.246 e. The average Bonchev–Trinajstić information content (AvgIpc) is 3.34. The maximum atomic E-state index is 5.84. The maximum Gasteiger partial charge on any atom is 0.246 e. The Kier molecular flexibility index (Phi) is 4.66. The summed E-state index contributed by atoms with van der Waals surface area (Å²) in [4.78, 5) is 23.3. The maximum absolute atomic E-state index is 5.84. The lowest BCUT2D eigenvalue weighted by molar-refractivity contribution is 0.617. The lowest BCUT2D eigenvalue weighted by atomic mass is 10.1. The second kappa shape index (κ2) is 8.09. The number of benzene rings is 3. The Bertz CT molecular complexity index is 1450. The van der Waals surface area contributed by atoms with Crippen molar-refractivity contribution in [3.8, 4) is 45.7 Å². The van der Waals surface area contributed by atoms with Crippen LogP contribution in [0.5, 0.6) is 0 Å². The molecule has 0 spiro atoms. The molecular weight excluding hydrogens is 410 g/mol. The highest BCUT2D eigenvalue weighted by molar-refractivity contribution is 5.75. The van der Waals surface area contributed by atoms with Crippen LogP contribution in [0, 0.1) is 0 Å². The van der Waals surface area contributed by atoms with E-state index in [9.17, 15) is 0 Å². The summed E-state index contributed by atoms with van der Waals surface area (Å²) in [6.07, 6.45) is 1.74. The lowest BCUT2D eigenvalue weighted by Crippen LogP contribution is -2.00. The number of rotatable bonds is 4. The van der Waals surface area contributed by atoms with E-state index >= 15 is 0 Å². The summed E-state index contributed by atoms with van der Waals surface area (Å²) < 4.78 is 5.84. The van der Waals surface area contributed by atoms with Crippen molar-refractivity contribution in [2.75, 3.05) is 0 Å². The topological polar surface area (TPSA) is 77.6 Å². The molecule has 0 amide bonds. The first-order chi connectivity index (χ1) is 16.3. The van der Waals surface area contributed by atoms with Crippen LogP contribution in [0.25, 0.3) is 56.8 Å². The van der Waals surface area contributed by atoms with Gasteiger partial charge in [-0.15, -0.1) is 0 Å². The van der Waals surface area contributed by atoms with Gasteiger partial charge in [0.1, 0.15) is 11.2 Å². The quantitative estimate of drug-likeness (QED) is 0.339. The van der Waals surface area contributed by atoms with Crippen LogP contribution in [0.3, 0.4) is 0 Å². The molecule has 0 saturated carbocycles. The largest absolute Gasteiger partial charge is 0.435 e. The van der Waals surface area contributed by atoms with Gasteiger partial charge >= 0.3 is 0 Å². The minimum Gasteiger partial charge on any atom is -0.435 e. The summed E-state index contributed by atoms with van der Waals surface area (Å²) in [5.41, 5.74) is 4.82. The molecule has 6 nitrogen and oxygen atoms in total. The molecule has 6 heteroatoms. The Hall–Kier alpha value is -4.71. The first kappa shape index (κ1) is 19.0. The van der Waals surface area contributed by atoms with Crippen molar-refractivity contribution >= 4 is 11.1 Å². The van der Waals surface area contributed by atoms with Crippen molar-refractivity contribution in [1.82, 2.24) is 24.9 Å². The van der Waals surface area contributed by atoms with E-state index in [0.29, 0.717) is 29.1 Å². The van der Waals surface area contributed by atoms with Gasteiger partial charge in [-0.2, -0.15) is 0 Å². The Morgan fingerprint density at radius 1 is 0.485 bits per heavy atom. The summed E-state index contributed by atoms with van der Waals surface area (Å²) in [5, 5.41) is 0. The van der Waals surface area contributed by atoms with E-state index in [1.165, 1.54) is 0 Å². The Balaban J connectivity index is 1.43. The van der Waals surface area contributed by atoms with Gasteiger partial charge < -0.3 is 4.42 Å². The molecule has 6 aromatic rings. The fourth-order valence-corrected chi connectivity index (χ4v) is 3.57. The van der Waals surface area contributed by atoms with Crippen molar-refractivity contribution in [2.24, 2.45) is 0 Å². The predicted octanol–water partition coefficient (Wildman–Crippen LogP) is 6.08. The van der Waals surface area contributed by atoms with Crippen molar-refractivity contribution in [3.05, 3.63) is 103 Å². The van der Waals surface area contributed by atoms with Crippen molar-refractivity contribution in [1.29, 1.82) is 0 Å². The predicted molar refractivity (Wildman–Crippen MR) is 127 cm³/mol. The molecule has 0 aliphatic carbocycles. The van der Waals surface area contributed by atoms with E-state index in [1.54, 1.807) is 6.20 Å².